The molecule has 0 aromatic heterocycles. The molecule has 1 aliphatic rings. The summed E-state index contributed by atoms with van der Waals surface area (Å²) in [5.41, 5.74) is 5.98. The van der Waals surface area contributed by atoms with Crippen LogP contribution in [-0.2, 0) is 4.79 Å². The van der Waals surface area contributed by atoms with Crippen LogP contribution in [0.3, 0.4) is 0 Å². The van der Waals surface area contributed by atoms with Crippen molar-refractivity contribution in [2.45, 2.75) is 64.0 Å². The number of hydrogen-bond acceptors (Lipinski definition) is 2. The van der Waals surface area contributed by atoms with Crippen LogP contribution in [0.4, 0.5) is 0 Å². The van der Waals surface area contributed by atoms with E-state index in [-0.39, 0.29) is 11.4 Å². The minimum Gasteiger partial charge on any atom is -0.343 e. The average molecular weight is 212 g/mol. The van der Waals surface area contributed by atoms with Gasteiger partial charge >= 0.3 is 0 Å². The second kappa shape index (κ2) is 4.97. The van der Waals surface area contributed by atoms with Gasteiger partial charge in [-0.15, -0.1) is 0 Å². The Morgan fingerprint density at radius 1 is 1.47 bits per heavy atom. The lowest BCUT2D eigenvalue weighted by molar-refractivity contribution is -0.133. The highest BCUT2D eigenvalue weighted by Gasteiger charge is 2.33. The SMILES string of the molecule is CCC(C)N(C)C(=O)CC1(N)CCCC1. The fourth-order valence-electron chi connectivity index (χ4n) is 2.20. The first kappa shape index (κ1) is 12.5. The molecule has 1 atom stereocenters. The molecule has 0 heterocycles. The summed E-state index contributed by atoms with van der Waals surface area (Å²) in [6.07, 6.45) is 5.89. The standard InChI is InChI=1S/C12H24N2O/c1-4-10(2)14(3)11(15)9-12(13)7-5-6-8-12/h10H,4-9,13H2,1-3H3. The Balaban J connectivity index is 2.47. The third-order valence-corrected chi connectivity index (χ3v) is 3.75. The zero-order valence-electron chi connectivity index (χ0n) is 10.3. The van der Waals surface area contributed by atoms with Gasteiger partial charge in [-0.2, -0.15) is 0 Å². The summed E-state index contributed by atoms with van der Waals surface area (Å²) < 4.78 is 0. The van der Waals surface area contributed by atoms with Gasteiger partial charge in [0.25, 0.3) is 0 Å². The predicted molar refractivity (Wildman–Crippen MR) is 62.5 cm³/mol. The first-order valence-corrected chi connectivity index (χ1v) is 6.03. The summed E-state index contributed by atoms with van der Waals surface area (Å²) >= 11 is 0. The molecule has 3 nitrogen and oxygen atoms in total. The number of amides is 1. The molecule has 0 aromatic rings. The number of carbonyl (C=O) groups excluding carboxylic acids is 1. The molecule has 0 spiro atoms. The van der Waals surface area contributed by atoms with E-state index in [1.54, 1.807) is 0 Å². The summed E-state index contributed by atoms with van der Waals surface area (Å²) in [5, 5.41) is 0. The molecular formula is C12H24N2O. The van der Waals surface area contributed by atoms with Crippen molar-refractivity contribution in [2.75, 3.05) is 7.05 Å². The number of nitrogens with two attached hydrogens (primary N) is 1. The number of hydrogen-bond donors (Lipinski definition) is 1. The minimum atomic E-state index is -0.210. The van der Waals surface area contributed by atoms with Gasteiger partial charge in [-0.1, -0.05) is 19.8 Å². The van der Waals surface area contributed by atoms with Crippen molar-refractivity contribution in [3.05, 3.63) is 0 Å². The van der Waals surface area contributed by atoms with Gasteiger partial charge in [0.15, 0.2) is 0 Å². The van der Waals surface area contributed by atoms with Crippen molar-refractivity contribution in [3.8, 4) is 0 Å². The van der Waals surface area contributed by atoms with E-state index in [0.29, 0.717) is 12.5 Å². The van der Waals surface area contributed by atoms with Crippen LogP contribution in [0, 0.1) is 0 Å². The topological polar surface area (TPSA) is 46.3 Å². The van der Waals surface area contributed by atoms with E-state index in [4.69, 9.17) is 5.73 Å². The molecule has 1 unspecified atom stereocenters. The van der Waals surface area contributed by atoms with Crippen LogP contribution in [0.25, 0.3) is 0 Å². The molecule has 1 rings (SSSR count). The summed E-state index contributed by atoms with van der Waals surface area (Å²) in [6.45, 7) is 4.18. The molecular weight excluding hydrogens is 188 g/mol. The van der Waals surface area contributed by atoms with Gasteiger partial charge in [0.05, 0.1) is 0 Å². The van der Waals surface area contributed by atoms with Crippen molar-refractivity contribution in [2.24, 2.45) is 5.73 Å². The molecule has 0 radical (unpaired) electrons. The normalized spacial score (nSPS) is 21.3. The second-order valence-corrected chi connectivity index (χ2v) is 5.01. The van der Waals surface area contributed by atoms with Crippen LogP contribution in [0.2, 0.25) is 0 Å². The highest BCUT2D eigenvalue weighted by Crippen LogP contribution is 2.30. The highest BCUT2D eigenvalue weighted by molar-refractivity contribution is 5.77. The van der Waals surface area contributed by atoms with E-state index in [1.807, 2.05) is 11.9 Å². The maximum absolute atomic E-state index is 12.0. The first-order chi connectivity index (χ1) is 6.98. The van der Waals surface area contributed by atoms with Crippen LogP contribution in [0.15, 0.2) is 0 Å². The third-order valence-electron chi connectivity index (χ3n) is 3.75. The Morgan fingerprint density at radius 2 is 2.00 bits per heavy atom. The van der Waals surface area contributed by atoms with Gasteiger partial charge in [-0.05, 0) is 26.2 Å². The van der Waals surface area contributed by atoms with E-state index < -0.39 is 0 Å². The van der Waals surface area contributed by atoms with Gasteiger partial charge in [-0.3, -0.25) is 4.79 Å². The number of nitrogens with zero attached hydrogens (tertiary/aromatic N) is 1. The quantitative estimate of drug-likeness (QED) is 0.773. The van der Waals surface area contributed by atoms with Crippen LogP contribution in [0.1, 0.15) is 52.4 Å². The van der Waals surface area contributed by atoms with Gasteiger partial charge in [0.1, 0.15) is 0 Å². The third kappa shape index (κ3) is 3.20. The van der Waals surface area contributed by atoms with Gasteiger partial charge in [0.2, 0.25) is 5.91 Å². The van der Waals surface area contributed by atoms with Crippen LogP contribution in [0.5, 0.6) is 0 Å². The largest absolute Gasteiger partial charge is 0.343 e. The van der Waals surface area contributed by atoms with Gasteiger partial charge in [-0.25, -0.2) is 0 Å². The lowest BCUT2D eigenvalue weighted by atomic mass is 9.94. The summed E-state index contributed by atoms with van der Waals surface area (Å²) in [4.78, 5) is 13.8. The monoisotopic (exact) mass is 212 g/mol. The molecule has 0 saturated heterocycles. The summed E-state index contributed by atoms with van der Waals surface area (Å²) in [6, 6.07) is 0.322. The summed E-state index contributed by atoms with van der Waals surface area (Å²) in [5.74, 6) is 0.203. The van der Waals surface area contributed by atoms with Crippen molar-refractivity contribution in [3.63, 3.8) is 0 Å². The smallest absolute Gasteiger partial charge is 0.224 e. The minimum absolute atomic E-state index is 0.203. The Labute approximate surface area is 93.0 Å². The van der Waals surface area contributed by atoms with E-state index in [9.17, 15) is 4.79 Å². The fraction of sp³-hybridized carbons (Fsp3) is 0.917. The van der Waals surface area contributed by atoms with Crippen molar-refractivity contribution >= 4 is 5.91 Å². The molecule has 0 aliphatic heterocycles. The second-order valence-electron chi connectivity index (χ2n) is 5.01. The van der Waals surface area contributed by atoms with Crippen LogP contribution >= 0.6 is 0 Å². The molecule has 3 heteroatoms. The van der Waals surface area contributed by atoms with Crippen molar-refractivity contribution in [1.82, 2.24) is 4.90 Å². The predicted octanol–water partition coefficient (Wildman–Crippen LogP) is 1.90. The van der Waals surface area contributed by atoms with E-state index in [0.717, 1.165) is 19.3 Å². The van der Waals surface area contributed by atoms with Crippen molar-refractivity contribution in [1.29, 1.82) is 0 Å². The molecule has 15 heavy (non-hydrogen) atoms. The first-order valence-electron chi connectivity index (χ1n) is 6.03. The Hall–Kier alpha value is -0.570. The summed E-state index contributed by atoms with van der Waals surface area (Å²) in [7, 11) is 1.88. The Morgan fingerprint density at radius 3 is 2.47 bits per heavy atom. The van der Waals surface area contributed by atoms with Gasteiger partial charge in [0, 0.05) is 25.0 Å². The highest BCUT2D eigenvalue weighted by atomic mass is 16.2. The Kier molecular flexibility index (Phi) is 4.14. The number of rotatable bonds is 4. The zero-order valence-corrected chi connectivity index (χ0v) is 10.3. The lowest BCUT2D eigenvalue weighted by Gasteiger charge is -2.29. The maximum atomic E-state index is 12.0. The molecule has 2 N–H and O–H groups in total. The Bertz CT molecular complexity index is 222. The molecule has 88 valence electrons. The zero-order chi connectivity index (χ0) is 11.5. The van der Waals surface area contributed by atoms with Gasteiger partial charge < -0.3 is 10.6 Å². The molecule has 0 bridgehead atoms. The van der Waals surface area contributed by atoms with Crippen molar-refractivity contribution < 1.29 is 4.79 Å². The maximum Gasteiger partial charge on any atom is 0.224 e. The van der Waals surface area contributed by atoms with E-state index >= 15 is 0 Å². The molecule has 1 fully saturated rings. The molecule has 1 saturated carbocycles. The molecule has 1 aliphatic carbocycles. The molecule has 0 aromatic carbocycles. The fourth-order valence-corrected chi connectivity index (χ4v) is 2.20. The van der Waals surface area contributed by atoms with E-state index in [1.165, 1.54) is 12.8 Å². The van der Waals surface area contributed by atoms with Crippen LogP contribution < -0.4 is 5.73 Å². The molecule has 1 amide bonds. The van der Waals surface area contributed by atoms with Crippen LogP contribution in [-0.4, -0.2) is 29.4 Å². The lowest BCUT2D eigenvalue weighted by Crippen LogP contribution is -2.44. The average Bonchev–Trinajstić information content (AvgIpc) is 2.62. The number of carbonyl (C=O) groups is 1. The van der Waals surface area contributed by atoms with E-state index in [2.05, 4.69) is 13.8 Å².